The number of thiol groups is 1. The Bertz CT molecular complexity index is 2060. The molecule has 0 heterocycles. The molecule has 0 spiro atoms. The van der Waals surface area contributed by atoms with Gasteiger partial charge in [0.2, 0.25) is 11.8 Å². The molecule has 0 radical (unpaired) electrons. The second-order valence-corrected chi connectivity index (χ2v) is 14.3. The number of rotatable bonds is 14. The van der Waals surface area contributed by atoms with Crippen LogP contribution in [0.5, 0.6) is 0 Å². The first-order valence-electron chi connectivity index (χ1n) is 18.3. The Morgan fingerprint density at radius 2 is 1.27 bits per heavy atom. The highest BCUT2D eigenvalue weighted by Gasteiger charge is 2.40. The van der Waals surface area contributed by atoms with E-state index in [2.05, 4.69) is 52.5 Å². The number of esters is 1. The first kappa shape index (κ1) is 38.8. The minimum Gasteiger partial charge on any atom is -0.468 e. The molecule has 1 unspecified atom stereocenters. The first-order chi connectivity index (χ1) is 26.6. The van der Waals surface area contributed by atoms with Gasteiger partial charge in [0, 0.05) is 23.4 Å². The first-order valence-corrected chi connectivity index (χ1v) is 18.7. The zero-order valence-corrected chi connectivity index (χ0v) is 32.0. The standard InChI is InChI=1S/C45H45N3O6S/c1-30(2)42(43(51)46-28-41(50)53-3)48(55)40(49)26-27-45(31-16-6-4-7-17-31,32-18-8-5-9-19-32)38-24-14-15-25-39(38)47-44(52)54-29-37-35-22-12-10-20-33(35)34-21-11-13-23-36(34)37/h4-25,30,37,42,55H,26-29H2,1-3H3,(H,46,51)(H,47,52). The quantitative estimate of drug-likeness (QED) is 0.0599. The molecular weight excluding hydrogens is 711 g/mol. The number of hydrogen-bond donors (Lipinski definition) is 3. The SMILES string of the molecule is COC(=O)CNC(=O)C(C(C)C)N(S)C(=O)CCC(c1ccccc1)(c1ccccc1)c1ccccc1NC(=O)OCC1c2ccccc2-c2ccccc21. The number of ether oxygens (including phenoxy) is 2. The molecule has 5 aromatic carbocycles. The highest BCUT2D eigenvalue weighted by atomic mass is 32.1. The van der Waals surface area contributed by atoms with Crippen molar-refractivity contribution in [1.29, 1.82) is 0 Å². The molecule has 5 aromatic rings. The molecule has 6 rings (SSSR count). The molecule has 0 bridgehead atoms. The summed E-state index contributed by atoms with van der Waals surface area (Å²) in [5, 5.41) is 5.61. The van der Waals surface area contributed by atoms with Gasteiger partial charge in [-0.1, -0.05) is 154 Å². The highest BCUT2D eigenvalue weighted by molar-refractivity contribution is 7.78. The summed E-state index contributed by atoms with van der Waals surface area (Å²) < 4.78 is 11.8. The van der Waals surface area contributed by atoms with Crippen molar-refractivity contribution in [3.8, 4) is 11.1 Å². The average Bonchev–Trinajstić information content (AvgIpc) is 3.53. The summed E-state index contributed by atoms with van der Waals surface area (Å²) in [5.74, 6) is -1.91. The van der Waals surface area contributed by atoms with Gasteiger partial charge in [-0.2, -0.15) is 0 Å². The molecule has 1 aliphatic carbocycles. The molecule has 9 nitrogen and oxygen atoms in total. The van der Waals surface area contributed by atoms with Gasteiger partial charge in [0.1, 0.15) is 19.2 Å². The third kappa shape index (κ3) is 8.29. The van der Waals surface area contributed by atoms with Crippen molar-refractivity contribution in [2.24, 2.45) is 5.92 Å². The fourth-order valence-corrected chi connectivity index (χ4v) is 8.12. The molecule has 10 heteroatoms. The summed E-state index contributed by atoms with van der Waals surface area (Å²) in [4.78, 5) is 52.8. The number of carbonyl (C=O) groups is 4. The minimum atomic E-state index is -0.953. The number of nitrogens with one attached hydrogen (secondary N) is 2. The van der Waals surface area contributed by atoms with Gasteiger partial charge in [-0.25, -0.2) is 4.79 Å². The van der Waals surface area contributed by atoms with E-state index in [-0.39, 0.29) is 43.7 Å². The average molecular weight is 756 g/mol. The molecule has 0 saturated heterocycles. The van der Waals surface area contributed by atoms with Crippen LogP contribution in [0.4, 0.5) is 10.5 Å². The number of methoxy groups -OCH3 is 1. The number of anilines is 1. The number of fused-ring (bicyclic) bond motifs is 3. The normalized spacial score (nSPS) is 12.6. The van der Waals surface area contributed by atoms with Gasteiger partial charge in [-0.05, 0) is 57.3 Å². The number of benzene rings is 5. The van der Waals surface area contributed by atoms with E-state index < -0.39 is 29.4 Å². The smallest absolute Gasteiger partial charge is 0.411 e. The van der Waals surface area contributed by atoms with Crippen LogP contribution in [0, 0.1) is 5.92 Å². The molecule has 1 atom stereocenters. The highest BCUT2D eigenvalue weighted by Crippen LogP contribution is 2.47. The third-order valence-corrected chi connectivity index (χ3v) is 10.7. The van der Waals surface area contributed by atoms with Crippen LogP contribution in [0.3, 0.4) is 0 Å². The Hall–Kier alpha value is -5.87. The number of carbonyl (C=O) groups excluding carboxylic acids is 4. The summed E-state index contributed by atoms with van der Waals surface area (Å²) >= 11 is 4.55. The lowest BCUT2D eigenvalue weighted by atomic mass is 9.66. The van der Waals surface area contributed by atoms with Gasteiger partial charge >= 0.3 is 12.1 Å². The Morgan fingerprint density at radius 1 is 0.745 bits per heavy atom. The Balaban J connectivity index is 1.31. The number of nitrogens with zero attached hydrogens (tertiary/aromatic N) is 1. The maximum absolute atomic E-state index is 14.1. The summed E-state index contributed by atoms with van der Waals surface area (Å²) in [6.07, 6.45) is -0.353. The van der Waals surface area contributed by atoms with E-state index in [1.807, 2.05) is 123 Å². The molecule has 0 aromatic heterocycles. The lowest BCUT2D eigenvalue weighted by molar-refractivity contribution is -0.142. The summed E-state index contributed by atoms with van der Waals surface area (Å²) in [6, 6.07) is 42.7. The van der Waals surface area contributed by atoms with Crippen molar-refractivity contribution in [1.82, 2.24) is 9.62 Å². The maximum atomic E-state index is 14.1. The van der Waals surface area contributed by atoms with Gasteiger partial charge in [-0.15, -0.1) is 0 Å². The minimum absolute atomic E-state index is 0.0138. The second kappa shape index (κ2) is 17.5. The summed E-state index contributed by atoms with van der Waals surface area (Å²) in [6.45, 7) is 3.44. The van der Waals surface area contributed by atoms with E-state index in [1.54, 1.807) is 0 Å². The Labute approximate surface area is 327 Å². The van der Waals surface area contributed by atoms with E-state index in [0.29, 0.717) is 5.69 Å². The van der Waals surface area contributed by atoms with Gasteiger partial charge in [0.25, 0.3) is 0 Å². The molecular formula is C45H45N3O6S. The van der Waals surface area contributed by atoms with Crippen molar-refractivity contribution in [2.75, 3.05) is 25.6 Å². The summed E-state index contributed by atoms with van der Waals surface area (Å²) in [7, 11) is 1.24. The molecule has 1 aliphatic rings. The van der Waals surface area contributed by atoms with Crippen LogP contribution < -0.4 is 10.6 Å². The Morgan fingerprint density at radius 3 is 1.84 bits per heavy atom. The van der Waals surface area contributed by atoms with Crippen molar-refractivity contribution < 1.29 is 28.7 Å². The molecule has 55 heavy (non-hydrogen) atoms. The Kier molecular flexibility index (Phi) is 12.4. The van der Waals surface area contributed by atoms with E-state index >= 15 is 0 Å². The lowest BCUT2D eigenvalue weighted by Gasteiger charge is -2.38. The van der Waals surface area contributed by atoms with Crippen LogP contribution in [-0.4, -0.2) is 54.5 Å². The van der Waals surface area contributed by atoms with Crippen LogP contribution in [0.25, 0.3) is 11.1 Å². The number of hydrogen-bond acceptors (Lipinski definition) is 7. The molecule has 0 fully saturated rings. The van der Waals surface area contributed by atoms with Crippen LogP contribution >= 0.6 is 12.8 Å². The predicted molar refractivity (Wildman–Crippen MR) is 217 cm³/mol. The molecule has 0 aliphatic heterocycles. The van der Waals surface area contributed by atoms with E-state index in [0.717, 1.165) is 43.2 Å². The van der Waals surface area contributed by atoms with Gasteiger partial charge in [0.05, 0.1) is 7.11 Å². The molecule has 282 valence electrons. The summed E-state index contributed by atoms with van der Waals surface area (Å²) in [5.41, 5.74) is 6.67. The predicted octanol–water partition coefficient (Wildman–Crippen LogP) is 8.15. The molecule has 3 amide bonds. The lowest BCUT2D eigenvalue weighted by Crippen LogP contribution is -2.49. The topological polar surface area (TPSA) is 114 Å². The van der Waals surface area contributed by atoms with Crippen LogP contribution in [0.15, 0.2) is 133 Å². The second-order valence-electron chi connectivity index (χ2n) is 13.9. The van der Waals surface area contributed by atoms with Crippen molar-refractivity contribution in [3.63, 3.8) is 0 Å². The monoisotopic (exact) mass is 755 g/mol. The largest absolute Gasteiger partial charge is 0.468 e. The van der Waals surface area contributed by atoms with Gasteiger partial charge in [-0.3, -0.25) is 24.0 Å². The number of amides is 3. The maximum Gasteiger partial charge on any atom is 0.411 e. The third-order valence-electron chi connectivity index (χ3n) is 10.3. The van der Waals surface area contributed by atoms with Crippen molar-refractivity contribution in [3.05, 3.63) is 161 Å². The van der Waals surface area contributed by atoms with Crippen molar-refractivity contribution >= 4 is 42.4 Å². The zero-order chi connectivity index (χ0) is 39.0. The fraction of sp³-hybridized carbons (Fsp3) is 0.244. The van der Waals surface area contributed by atoms with E-state index in [9.17, 15) is 19.2 Å². The van der Waals surface area contributed by atoms with Gasteiger partial charge in [0.15, 0.2) is 0 Å². The molecule has 2 N–H and O–H groups in total. The van der Waals surface area contributed by atoms with E-state index in [4.69, 9.17) is 4.74 Å². The number of para-hydroxylation sites is 1. The van der Waals surface area contributed by atoms with Crippen LogP contribution in [-0.2, 0) is 29.3 Å². The molecule has 0 saturated carbocycles. The van der Waals surface area contributed by atoms with Crippen LogP contribution in [0.1, 0.15) is 60.4 Å². The van der Waals surface area contributed by atoms with E-state index in [1.165, 1.54) is 7.11 Å². The fourth-order valence-electron chi connectivity index (χ4n) is 7.65. The van der Waals surface area contributed by atoms with Crippen molar-refractivity contribution in [2.45, 2.75) is 44.1 Å². The zero-order valence-electron chi connectivity index (χ0n) is 31.1. The van der Waals surface area contributed by atoms with Gasteiger partial charge < -0.3 is 14.8 Å². The van der Waals surface area contributed by atoms with Crippen LogP contribution in [0.2, 0.25) is 0 Å².